The van der Waals surface area contributed by atoms with E-state index in [-0.39, 0.29) is 11.6 Å². The molecule has 0 saturated carbocycles. The molecule has 2 aromatic rings. The number of nitrogens with one attached hydrogen (secondary N) is 2. The van der Waals surface area contributed by atoms with Gasteiger partial charge in [-0.2, -0.15) is 0 Å². The predicted octanol–water partition coefficient (Wildman–Crippen LogP) is 3.76. The van der Waals surface area contributed by atoms with Crippen molar-refractivity contribution >= 4 is 12.0 Å². The lowest BCUT2D eigenvalue weighted by atomic mass is 10.0. The van der Waals surface area contributed by atoms with Crippen LogP contribution in [0.25, 0.3) is 0 Å². The molecule has 1 fully saturated rings. The molecule has 0 aliphatic carbocycles. The number of carboxylic acids is 1. The van der Waals surface area contributed by atoms with E-state index < -0.39 is 5.97 Å². The normalized spacial score (nSPS) is 16.9. The van der Waals surface area contributed by atoms with Crippen molar-refractivity contribution in [3.8, 4) is 0 Å². The summed E-state index contributed by atoms with van der Waals surface area (Å²) in [6, 6.07) is 15.3. The number of urea groups is 1. The molecule has 6 heteroatoms. The summed E-state index contributed by atoms with van der Waals surface area (Å²) in [7, 11) is 0. The highest BCUT2D eigenvalue weighted by Crippen LogP contribution is 2.19. The minimum atomic E-state index is -0.960. The lowest BCUT2D eigenvalue weighted by Gasteiger charge is -2.33. The third-order valence-corrected chi connectivity index (χ3v) is 5.46. The molecular weight excluding hydrogens is 366 g/mol. The maximum absolute atomic E-state index is 12.0. The maximum Gasteiger partial charge on any atom is 0.335 e. The van der Waals surface area contributed by atoms with Crippen molar-refractivity contribution in [1.29, 1.82) is 0 Å². The summed E-state index contributed by atoms with van der Waals surface area (Å²) in [6.07, 6.45) is 3.89. The van der Waals surface area contributed by atoms with Crippen molar-refractivity contribution < 1.29 is 14.7 Å². The van der Waals surface area contributed by atoms with Gasteiger partial charge in [0.05, 0.1) is 5.56 Å². The predicted molar refractivity (Wildman–Crippen MR) is 113 cm³/mol. The smallest absolute Gasteiger partial charge is 0.335 e. The number of piperidine rings is 1. The molecule has 0 aromatic heterocycles. The third kappa shape index (κ3) is 6.32. The molecule has 3 rings (SSSR count). The van der Waals surface area contributed by atoms with Crippen LogP contribution in [-0.2, 0) is 19.6 Å². The lowest BCUT2D eigenvalue weighted by Crippen LogP contribution is -2.36. The second kappa shape index (κ2) is 10.1. The number of carbonyl (C=O) groups is 2. The Morgan fingerprint density at radius 2 is 1.48 bits per heavy atom. The number of aromatic carboxylic acids is 1. The highest BCUT2D eigenvalue weighted by Gasteiger charge is 2.17. The molecule has 29 heavy (non-hydrogen) atoms. The van der Waals surface area contributed by atoms with Crippen LogP contribution < -0.4 is 10.6 Å². The molecule has 1 atom stereocenters. The molecule has 1 aliphatic heterocycles. The van der Waals surface area contributed by atoms with E-state index in [1.165, 1.54) is 43.5 Å². The van der Waals surface area contributed by atoms with Gasteiger partial charge in [-0.3, -0.25) is 4.90 Å². The molecule has 1 aliphatic rings. The number of carbonyl (C=O) groups excluding carboxylic acids is 1. The van der Waals surface area contributed by atoms with E-state index in [1.807, 2.05) is 0 Å². The van der Waals surface area contributed by atoms with Gasteiger partial charge in [-0.1, -0.05) is 42.8 Å². The fourth-order valence-electron chi connectivity index (χ4n) is 3.58. The summed E-state index contributed by atoms with van der Waals surface area (Å²) in [4.78, 5) is 25.4. The number of hydrogen-bond donors (Lipinski definition) is 3. The molecule has 1 unspecified atom stereocenters. The highest BCUT2D eigenvalue weighted by molar-refractivity contribution is 5.87. The third-order valence-electron chi connectivity index (χ3n) is 5.46. The van der Waals surface area contributed by atoms with E-state index in [0.717, 1.165) is 17.7 Å². The second-order valence-corrected chi connectivity index (χ2v) is 7.67. The number of hydrogen-bond acceptors (Lipinski definition) is 3. The molecule has 0 spiro atoms. The van der Waals surface area contributed by atoms with Crippen LogP contribution in [0.1, 0.15) is 53.2 Å². The molecule has 0 bridgehead atoms. The Morgan fingerprint density at radius 1 is 0.931 bits per heavy atom. The van der Waals surface area contributed by atoms with Crippen molar-refractivity contribution in [2.24, 2.45) is 0 Å². The molecule has 0 radical (unpaired) electrons. The SMILES string of the molecule is CC1CCCCN1Cc1ccc(CNC(=O)NCc2ccc(C(=O)O)cc2)cc1. The van der Waals surface area contributed by atoms with E-state index in [0.29, 0.717) is 19.1 Å². The molecule has 6 nitrogen and oxygen atoms in total. The molecule has 2 amide bonds. The monoisotopic (exact) mass is 395 g/mol. The van der Waals surface area contributed by atoms with Crippen LogP contribution in [0.2, 0.25) is 0 Å². The van der Waals surface area contributed by atoms with Crippen LogP contribution in [0.4, 0.5) is 4.79 Å². The van der Waals surface area contributed by atoms with Crippen LogP contribution in [0.15, 0.2) is 48.5 Å². The Morgan fingerprint density at radius 3 is 2.03 bits per heavy atom. The molecule has 3 N–H and O–H groups in total. The highest BCUT2D eigenvalue weighted by atomic mass is 16.4. The van der Waals surface area contributed by atoms with Crippen molar-refractivity contribution in [2.75, 3.05) is 6.54 Å². The summed E-state index contributed by atoms with van der Waals surface area (Å²) in [5, 5.41) is 14.5. The van der Waals surface area contributed by atoms with Crippen molar-refractivity contribution in [3.05, 3.63) is 70.8 Å². The number of carboxylic acid groups (broad SMARTS) is 1. The quantitative estimate of drug-likeness (QED) is 0.667. The van der Waals surface area contributed by atoms with Gasteiger partial charge in [0.1, 0.15) is 0 Å². The average molecular weight is 396 g/mol. The zero-order valence-corrected chi connectivity index (χ0v) is 16.9. The van der Waals surface area contributed by atoms with Gasteiger partial charge >= 0.3 is 12.0 Å². The molecule has 154 valence electrons. The topological polar surface area (TPSA) is 81.7 Å². The van der Waals surface area contributed by atoms with E-state index >= 15 is 0 Å². The van der Waals surface area contributed by atoms with Crippen molar-refractivity contribution in [3.63, 3.8) is 0 Å². The minimum absolute atomic E-state index is 0.233. The Balaban J connectivity index is 1.41. The lowest BCUT2D eigenvalue weighted by molar-refractivity contribution is 0.0697. The van der Waals surface area contributed by atoms with Gasteiger partial charge < -0.3 is 15.7 Å². The summed E-state index contributed by atoms with van der Waals surface area (Å²) < 4.78 is 0. The largest absolute Gasteiger partial charge is 0.478 e. The summed E-state index contributed by atoms with van der Waals surface area (Å²) in [6.45, 7) is 5.26. The molecule has 1 saturated heterocycles. The van der Waals surface area contributed by atoms with Gasteiger partial charge in [0.15, 0.2) is 0 Å². The summed E-state index contributed by atoms with van der Waals surface area (Å²) >= 11 is 0. The summed E-state index contributed by atoms with van der Waals surface area (Å²) in [5.74, 6) is -0.960. The second-order valence-electron chi connectivity index (χ2n) is 7.67. The van der Waals surface area contributed by atoms with E-state index in [4.69, 9.17) is 5.11 Å². The van der Waals surface area contributed by atoms with Crippen LogP contribution in [-0.4, -0.2) is 34.6 Å². The summed E-state index contributed by atoms with van der Waals surface area (Å²) in [5.41, 5.74) is 3.44. The standard InChI is InChI=1S/C23H29N3O3/c1-17-4-2-3-13-26(17)16-20-7-5-18(6-8-20)14-24-23(29)25-15-19-9-11-21(12-10-19)22(27)28/h5-12,17H,2-4,13-16H2,1H3,(H,27,28)(H2,24,25,29). The molecule has 1 heterocycles. The Kier molecular flexibility index (Phi) is 7.25. The van der Waals surface area contributed by atoms with Gasteiger partial charge in [0.2, 0.25) is 0 Å². The van der Waals surface area contributed by atoms with Crippen LogP contribution in [0, 0.1) is 0 Å². The first kappa shape index (κ1) is 20.9. The number of likely N-dealkylation sites (tertiary alicyclic amines) is 1. The van der Waals surface area contributed by atoms with E-state index in [1.54, 1.807) is 12.1 Å². The fraction of sp³-hybridized carbons (Fsp3) is 0.391. The van der Waals surface area contributed by atoms with Gasteiger partial charge in [0.25, 0.3) is 0 Å². The minimum Gasteiger partial charge on any atom is -0.478 e. The number of nitrogens with zero attached hydrogens (tertiary/aromatic N) is 1. The van der Waals surface area contributed by atoms with Gasteiger partial charge in [-0.25, -0.2) is 9.59 Å². The fourth-order valence-corrected chi connectivity index (χ4v) is 3.58. The van der Waals surface area contributed by atoms with Gasteiger partial charge in [0, 0.05) is 25.7 Å². The number of benzene rings is 2. The molecule has 2 aromatic carbocycles. The van der Waals surface area contributed by atoms with Crippen LogP contribution in [0.5, 0.6) is 0 Å². The number of rotatable bonds is 7. The van der Waals surface area contributed by atoms with Crippen LogP contribution in [0.3, 0.4) is 0 Å². The Bertz CT molecular complexity index is 818. The first-order chi connectivity index (χ1) is 14.0. The van der Waals surface area contributed by atoms with E-state index in [2.05, 4.69) is 46.7 Å². The van der Waals surface area contributed by atoms with E-state index in [9.17, 15) is 9.59 Å². The molecular formula is C23H29N3O3. The van der Waals surface area contributed by atoms with Gasteiger partial charge in [-0.15, -0.1) is 0 Å². The Labute approximate surface area is 171 Å². The zero-order valence-electron chi connectivity index (χ0n) is 16.9. The van der Waals surface area contributed by atoms with Crippen LogP contribution >= 0.6 is 0 Å². The zero-order chi connectivity index (χ0) is 20.6. The van der Waals surface area contributed by atoms with Gasteiger partial charge in [-0.05, 0) is 55.1 Å². The first-order valence-corrected chi connectivity index (χ1v) is 10.2. The Hall–Kier alpha value is -2.86. The average Bonchev–Trinajstić information content (AvgIpc) is 2.73. The first-order valence-electron chi connectivity index (χ1n) is 10.2. The van der Waals surface area contributed by atoms with Crippen molar-refractivity contribution in [1.82, 2.24) is 15.5 Å². The number of amides is 2. The van der Waals surface area contributed by atoms with Crippen molar-refractivity contribution in [2.45, 2.75) is 51.9 Å². The maximum atomic E-state index is 12.0.